The first-order chi connectivity index (χ1) is 11.0. The lowest BCUT2D eigenvalue weighted by atomic mass is 10.2. The van der Waals surface area contributed by atoms with Gasteiger partial charge in [-0.05, 0) is 23.9 Å². The van der Waals surface area contributed by atoms with Crippen molar-refractivity contribution in [3.8, 4) is 0 Å². The lowest BCUT2D eigenvalue weighted by Gasteiger charge is -2.41. The minimum atomic E-state index is -0.362. The van der Waals surface area contributed by atoms with E-state index in [0.29, 0.717) is 26.2 Å². The molecule has 0 saturated carbocycles. The monoisotopic (exact) mass is 336 g/mol. The average molecular weight is 336 g/mol. The molecule has 7 nitrogen and oxygen atoms in total. The van der Waals surface area contributed by atoms with Crippen LogP contribution in [0, 0.1) is 6.92 Å². The SMILES string of the molecule is Cc1csc(C(=O)N2CCN(C3CC(=O)N(C)C(=O)N3)CC2)c1. The molecule has 2 saturated heterocycles. The summed E-state index contributed by atoms with van der Waals surface area (Å²) in [6.07, 6.45) is 0.00719. The van der Waals surface area contributed by atoms with Crippen LogP contribution in [0.1, 0.15) is 21.7 Å². The molecule has 0 bridgehead atoms. The fraction of sp³-hybridized carbons (Fsp3) is 0.533. The van der Waals surface area contributed by atoms with Crippen LogP contribution in [0.4, 0.5) is 4.79 Å². The minimum Gasteiger partial charge on any atom is -0.335 e. The number of carbonyl (C=O) groups excluding carboxylic acids is 3. The molecule has 2 aliphatic rings. The number of thiophene rings is 1. The molecule has 8 heteroatoms. The molecule has 3 rings (SSSR count). The van der Waals surface area contributed by atoms with E-state index in [2.05, 4.69) is 10.2 Å². The van der Waals surface area contributed by atoms with Gasteiger partial charge in [-0.15, -0.1) is 11.3 Å². The van der Waals surface area contributed by atoms with Crippen molar-refractivity contribution in [2.24, 2.45) is 0 Å². The van der Waals surface area contributed by atoms with E-state index < -0.39 is 0 Å². The van der Waals surface area contributed by atoms with Crippen molar-refractivity contribution < 1.29 is 14.4 Å². The van der Waals surface area contributed by atoms with E-state index in [1.165, 1.54) is 18.4 Å². The topological polar surface area (TPSA) is 73.0 Å². The smallest absolute Gasteiger partial charge is 0.325 e. The van der Waals surface area contributed by atoms with Crippen LogP contribution >= 0.6 is 11.3 Å². The highest BCUT2D eigenvalue weighted by Gasteiger charge is 2.34. The molecule has 0 radical (unpaired) electrons. The number of hydrogen-bond donors (Lipinski definition) is 1. The predicted molar refractivity (Wildman–Crippen MR) is 86.2 cm³/mol. The summed E-state index contributed by atoms with van der Waals surface area (Å²) >= 11 is 1.47. The van der Waals surface area contributed by atoms with Gasteiger partial charge < -0.3 is 10.2 Å². The van der Waals surface area contributed by atoms with E-state index in [4.69, 9.17) is 0 Å². The summed E-state index contributed by atoms with van der Waals surface area (Å²) in [5.41, 5.74) is 1.10. The molecule has 23 heavy (non-hydrogen) atoms. The molecule has 0 aliphatic carbocycles. The molecular formula is C15H20N4O3S. The molecule has 4 amide bonds. The van der Waals surface area contributed by atoms with Crippen LogP contribution in [0.25, 0.3) is 0 Å². The molecule has 3 heterocycles. The molecule has 2 fully saturated rings. The van der Waals surface area contributed by atoms with Gasteiger partial charge in [0.2, 0.25) is 5.91 Å². The van der Waals surface area contributed by atoms with Crippen LogP contribution in [0.15, 0.2) is 11.4 Å². The second-order valence-electron chi connectivity index (χ2n) is 5.94. The number of amides is 4. The zero-order chi connectivity index (χ0) is 16.6. The van der Waals surface area contributed by atoms with Gasteiger partial charge >= 0.3 is 6.03 Å². The maximum Gasteiger partial charge on any atom is 0.325 e. The molecule has 1 atom stereocenters. The number of aryl methyl sites for hydroxylation is 1. The van der Waals surface area contributed by atoms with Crippen molar-refractivity contribution in [1.29, 1.82) is 0 Å². The molecular weight excluding hydrogens is 316 g/mol. The van der Waals surface area contributed by atoms with Gasteiger partial charge in [-0.1, -0.05) is 0 Å². The zero-order valence-corrected chi connectivity index (χ0v) is 14.1. The summed E-state index contributed by atoms with van der Waals surface area (Å²) in [7, 11) is 1.48. The van der Waals surface area contributed by atoms with Crippen molar-refractivity contribution in [2.75, 3.05) is 33.2 Å². The highest BCUT2D eigenvalue weighted by Crippen LogP contribution is 2.18. The first-order valence-electron chi connectivity index (χ1n) is 7.61. The number of rotatable bonds is 2. The van der Waals surface area contributed by atoms with Crippen molar-refractivity contribution >= 4 is 29.2 Å². The summed E-state index contributed by atoms with van der Waals surface area (Å²) in [4.78, 5) is 41.7. The normalized spacial score (nSPS) is 23.1. The minimum absolute atomic E-state index is 0.0613. The second-order valence-corrected chi connectivity index (χ2v) is 6.85. The summed E-state index contributed by atoms with van der Waals surface area (Å²) in [5, 5.41) is 4.81. The molecule has 0 aromatic carbocycles. The number of imide groups is 1. The number of urea groups is 1. The molecule has 1 aromatic rings. The Hall–Kier alpha value is -1.93. The number of carbonyl (C=O) groups is 3. The Kier molecular flexibility index (Phi) is 4.36. The zero-order valence-electron chi connectivity index (χ0n) is 13.2. The van der Waals surface area contributed by atoms with Gasteiger partial charge in [0.25, 0.3) is 5.91 Å². The Labute approximate surface area is 138 Å². The second kappa shape index (κ2) is 6.29. The van der Waals surface area contributed by atoms with E-state index in [1.807, 2.05) is 23.3 Å². The Balaban J connectivity index is 1.57. The van der Waals surface area contributed by atoms with Gasteiger partial charge in [0.15, 0.2) is 0 Å². The van der Waals surface area contributed by atoms with Crippen LogP contribution in [-0.4, -0.2) is 71.9 Å². The van der Waals surface area contributed by atoms with Crippen molar-refractivity contribution in [2.45, 2.75) is 19.5 Å². The predicted octanol–water partition coefficient (Wildman–Crippen LogP) is 0.712. The summed E-state index contributed by atoms with van der Waals surface area (Å²) in [6.45, 7) is 4.49. The first-order valence-corrected chi connectivity index (χ1v) is 8.49. The third kappa shape index (κ3) is 3.23. The number of hydrogen-bond acceptors (Lipinski definition) is 5. The van der Waals surface area contributed by atoms with E-state index in [1.54, 1.807) is 0 Å². The van der Waals surface area contributed by atoms with E-state index >= 15 is 0 Å². The molecule has 2 aliphatic heterocycles. The van der Waals surface area contributed by atoms with Crippen LogP contribution in [0.5, 0.6) is 0 Å². The highest BCUT2D eigenvalue weighted by atomic mass is 32.1. The lowest BCUT2D eigenvalue weighted by molar-refractivity contribution is -0.130. The Morgan fingerprint density at radius 2 is 1.96 bits per heavy atom. The Morgan fingerprint density at radius 1 is 1.26 bits per heavy atom. The molecule has 124 valence electrons. The number of piperazine rings is 1. The summed E-state index contributed by atoms with van der Waals surface area (Å²) < 4.78 is 0. The lowest BCUT2D eigenvalue weighted by Crippen LogP contribution is -2.62. The third-order valence-corrected chi connectivity index (χ3v) is 5.36. The van der Waals surface area contributed by atoms with Gasteiger partial charge in [0, 0.05) is 33.2 Å². The molecule has 1 N–H and O–H groups in total. The Morgan fingerprint density at radius 3 is 2.52 bits per heavy atom. The van der Waals surface area contributed by atoms with Crippen LogP contribution in [0.2, 0.25) is 0 Å². The van der Waals surface area contributed by atoms with Gasteiger partial charge in [0.05, 0.1) is 17.5 Å². The van der Waals surface area contributed by atoms with E-state index in [-0.39, 0.29) is 30.4 Å². The van der Waals surface area contributed by atoms with Gasteiger partial charge in [-0.3, -0.25) is 19.4 Å². The van der Waals surface area contributed by atoms with Crippen molar-refractivity contribution in [3.63, 3.8) is 0 Å². The molecule has 1 aromatic heterocycles. The summed E-state index contributed by atoms with van der Waals surface area (Å²) in [5.74, 6) is -0.113. The highest BCUT2D eigenvalue weighted by molar-refractivity contribution is 7.12. The van der Waals surface area contributed by atoms with E-state index in [0.717, 1.165) is 15.3 Å². The third-order valence-electron chi connectivity index (χ3n) is 4.32. The fourth-order valence-electron chi connectivity index (χ4n) is 2.86. The van der Waals surface area contributed by atoms with Crippen molar-refractivity contribution in [1.82, 2.24) is 20.0 Å². The van der Waals surface area contributed by atoms with Crippen LogP contribution < -0.4 is 5.32 Å². The molecule has 0 spiro atoms. The van der Waals surface area contributed by atoms with Crippen LogP contribution in [-0.2, 0) is 4.79 Å². The van der Waals surface area contributed by atoms with Gasteiger partial charge in [-0.25, -0.2) is 4.79 Å². The maximum atomic E-state index is 12.4. The fourth-order valence-corrected chi connectivity index (χ4v) is 3.73. The van der Waals surface area contributed by atoms with Gasteiger partial charge in [0.1, 0.15) is 0 Å². The maximum absolute atomic E-state index is 12.4. The molecule has 1 unspecified atom stereocenters. The largest absolute Gasteiger partial charge is 0.335 e. The average Bonchev–Trinajstić information content (AvgIpc) is 2.98. The van der Waals surface area contributed by atoms with Crippen molar-refractivity contribution in [3.05, 3.63) is 21.9 Å². The Bertz CT molecular complexity index is 618. The van der Waals surface area contributed by atoms with E-state index in [9.17, 15) is 14.4 Å². The number of nitrogens with one attached hydrogen (secondary N) is 1. The van der Waals surface area contributed by atoms with Gasteiger partial charge in [-0.2, -0.15) is 0 Å². The first kappa shape index (κ1) is 15.9. The quantitative estimate of drug-likeness (QED) is 0.863. The summed E-state index contributed by atoms with van der Waals surface area (Å²) in [6, 6.07) is 1.55. The van der Waals surface area contributed by atoms with Crippen LogP contribution in [0.3, 0.4) is 0 Å². The standard InChI is InChI=1S/C15H20N4O3S/c1-10-7-11(23-9-10)14(21)19-5-3-18(4-6-19)12-8-13(20)17(2)15(22)16-12/h7,9,12H,3-6,8H2,1-2H3,(H,16,22). The number of nitrogens with zero attached hydrogens (tertiary/aromatic N) is 3.